The number of sulfonamides is 1. The smallest absolute Gasteiger partial charge is 0.229 e. The number of nitrogens with one attached hydrogen (secondary N) is 1. The summed E-state index contributed by atoms with van der Waals surface area (Å²) in [5.41, 5.74) is 8.10. The minimum atomic E-state index is -3.54. The Hall–Kier alpha value is -1.70. The lowest BCUT2D eigenvalue weighted by Gasteiger charge is -2.08. The van der Waals surface area contributed by atoms with E-state index in [-0.39, 0.29) is 24.1 Å². The Balaban J connectivity index is 0.00000192. The minimum absolute atomic E-state index is 0. The van der Waals surface area contributed by atoms with Gasteiger partial charge in [-0.15, -0.1) is 12.4 Å². The molecular weight excluding hydrogens is 341 g/mol. The Labute approximate surface area is 140 Å². The molecule has 1 aliphatic rings. The van der Waals surface area contributed by atoms with E-state index in [4.69, 9.17) is 5.73 Å². The van der Waals surface area contributed by atoms with Gasteiger partial charge in [-0.2, -0.15) is 0 Å². The van der Waals surface area contributed by atoms with Crippen LogP contribution >= 0.6 is 12.4 Å². The van der Waals surface area contributed by atoms with Crippen LogP contribution in [0.1, 0.15) is 17.9 Å². The number of aromatic nitrogens is 1. The first-order valence-electron chi connectivity index (χ1n) is 6.83. The molecule has 2 aromatic rings. The van der Waals surface area contributed by atoms with Crippen LogP contribution in [0.2, 0.25) is 0 Å². The summed E-state index contributed by atoms with van der Waals surface area (Å²) in [5.74, 6) is -0.257. The molecule has 0 saturated heterocycles. The van der Waals surface area contributed by atoms with Crippen molar-refractivity contribution in [2.24, 2.45) is 5.73 Å². The van der Waals surface area contributed by atoms with Crippen molar-refractivity contribution >= 4 is 28.1 Å². The van der Waals surface area contributed by atoms with E-state index < -0.39 is 15.8 Å². The van der Waals surface area contributed by atoms with Crippen molar-refractivity contribution in [2.45, 2.75) is 18.4 Å². The van der Waals surface area contributed by atoms with Gasteiger partial charge in [-0.1, -0.05) is 6.07 Å². The predicted molar refractivity (Wildman–Crippen MR) is 90.7 cm³/mol. The van der Waals surface area contributed by atoms with E-state index in [0.29, 0.717) is 17.2 Å². The summed E-state index contributed by atoms with van der Waals surface area (Å²) in [7, 11) is -3.54. The zero-order chi connectivity index (χ0) is 15.9. The van der Waals surface area contributed by atoms with Gasteiger partial charge in [-0.3, -0.25) is 9.71 Å². The van der Waals surface area contributed by atoms with Gasteiger partial charge in [0.05, 0.1) is 17.6 Å². The lowest BCUT2D eigenvalue weighted by atomic mass is 10.1. The number of halogens is 2. The van der Waals surface area contributed by atoms with E-state index in [0.717, 1.165) is 18.2 Å². The molecule has 1 aliphatic carbocycles. The van der Waals surface area contributed by atoms with Gasteiger partial charge in [0.1, 0.15) is 5.82 Å². The van der Waals surface area contributed by atoms with Crippen LogP contribution in [0.4, 0.5) is 10.1 Å². The van der Waals surface area contributed by atoms with Crippen LogP contribution in [0, 0.1) is 5.82 Å². The van der Waals surface area contributed by atoms with E-state index in [1.807, 2.05) is 12.1 Å². The molecule has 1 aromatic carbocycles. The second kappa shape index (κ2) is 6.43. The predicted octanol–water partition coefficient (Wildman–Crippen LogP) is 2.50. The normalized spacial score (nSPS) is 19.8. The van der Waals surface area contributed by atoms with E-state index in [2.05, 4.69) is 9.71 Å². The Kier molecular flexibility index (Phi) is 4.93. The molecule has 0 bridgehead atoms. The highest BCUT2D eigenvalue weighted by Crippen LogP contribution is 2.39. The summed E-state index contributed by atoms with van der Waals surface area (Å²) in [5, 5.41) is 0. The van der Waals surface area contributed by atoms with Crippen molar-refractivity contribution in [3.63, 3.8) is 0 Å². The van der Waals surface area contributed by atoms with Crippen molar-refractivity contribution in [3.8, 4) is 11.3 Å². The lowest BCUT2D eigenvalue weighted by molar-refractivity contribution is 0.604. The van der Waals surface area contributed by atoms with Gasteiger partial charge in [0.25, 0.3) is 0 Å². The molecule has 8 heteroatoms. The highest BCUT2D eigenvalue weighted by atomic mass is 35.5. The maximum Gasteiger partial charge on any atom is 0.229 e. The van der Waals surface area contributed by atoms with Gasteiger partial charge in [-0.05, 0) is 36.2 Å². The Morgan fingerprint density at radius 2 is 2.00 bits per heavy atom. The van der Waals surface area contributed by atoms with Crippen molar-refractivity contribution in [1.29, 1.82) is 0 Å². The number of hydrogen-bond acceptors (Lipinski definition) is 4. The fraction of sp³-hybridized carbons (Fsp3) is 0.267. The molecule has 3 rings (SSSR count). The number of nitrogens with zero attached hydrogens (tertiary/aromatic N) is 1. The third-order valence-electron chi connectivity index (χ3n) is 3.61. The summed E-state index contributed by atoms with van der Waals surface area (Å²) in [6.45, 7) is 0. The molecule has 1 aromatic heterocycles. The van der Waals surface area contributed by atoms with Gasteiger partial charge in [0.15, 0.2) is 0 Å². The molecule has 5 nitrogen and oxygen atoms in total. The Bertz CT molecular complexity index is 812. The second-order valence-electron chi connectivity index (χ2n) is 5.55. The van der Waals surface area contributed by atoms with Gasteiger partial charge >= 0.3 is 0 Å². The zero-order valence-electron chi connectivity index (χ0n) is 12.4. The number of benzene rings is 1. The molecule has 0 aliphatic heterocycles. The number of nitrogens with two attached hydrogens (primary N) is 1. The Morgan fingerprint density at radius 3 is 2.52 bits per heavy atom. The molecular formula is C15H17ClFN3O2S. The monoisotopic (exact) mass is 357 g/mol. The summed E-state index contributed by atoms with van der Waals surface area (Å²) in [6.07, 6.45) is 3.71. The summed E-state index contributed by atoms with van der Waals surface area (Å²) >= 11 is 0. The van der Waals surface area contributed by atoms with Crippen LogP contribution in [-0.2, 0) is 10.0 Å². The van der Waals surface area contributed by atoms with Crippen molar-refractivity contribution in [3.05, 3.63) is 47.9 Å². The quantitative estimate of drug-likeness (QED) is 0.880. The second-order valence-corrected chi connectivity index (χ2v) is 7.30. The Morgan fingerprint density at radius 1 is 1.30 bits per heavy atom. The van der Waals surface area contributed by atoms with Crippen molar-refractivity contribution in [2.75, 3.05) is 11.0 Å². The molecule has 2 unspecified atom stereocenters. The van der Waals surface area contributed by atoms with Crippen LogP contribution in [0.5, 0.6) is 0 Å². The largest absolute Gasteiger partial charge is 0.327 e. The molecule has 23 heavy (non-hydrogen) atoms. The van der Waals surface area contributed by atoms with Gasteiger partial charge in [0.2, 0.25) is 10.0 Å². The van der Waals surface area contributed by atoms with E-state index >= 15 is 0 Å². The molecule has 0 radical (unpaired) electrons. The molecule has 0 spiro atoms. The first-order chi connectivity index (χ1) is 10.3. The van der Waals surface area contributed by atoms with Crippen molar-refractivity contribution in [1.82, 2.24) is 4.98 Å². The average molecular weight is 358 g/mol. The third-order valence-corrected chi connectivity index (χ3v) is 4.20. The number of hydrogen-bond donors (Lipinski definition) is 2. The van der Waals surface area contributed by atoms with E-state index in [1.54, 1.807) is 12.3 Å². The van der Waals surface area contributed by atoms with Crippen molar-refractivity contribution < 1.29 is 12.8 Å². The van der Waals surface area contributed by atoms with Crippen LogP contribution in [0.3, 0.4) is 0 Å². The minimum Gasteiger partial charge on any atom is -0.327 e. The topological polar surface area (TPSA) is 85.1 Å². The maximum absolute atomic E-state index is 13.7. The SMILES string of the molecule is CS(=O)(=O)Nc1cc(-c2ccc(C3CC3N)cn2)ccc1F.Cl. The fourth-order valence-electron chi connectivity index (χ4n) is 2.36. The standard InChI is InChI=1S/C15H16FN3O2S.ClH/c1-22(20,21)19-15-6-9(2-4-12(15)16)14-5-3-10(8-18-14)11-7-13(11)17;/h2-6,8,11,13,19H,7,17H2,1H3;1H. The molecule has 3 N–H and O–H groups in total. The molecule has 2 atom stereocenters. The first kappa shape index (κ1) is 17.7. The molecule has 1 saturated carbocycles. The maximum atomic E-state index is 13.7. The lowest BCUT2D eigenvalue weighted by Crippen LogP contribution is -2.11. The number of rotatable bonds is 4. The highest BCUT2D eigenvalue weighted by Gasteiger charge is 2.34. The van der Waals surface area contributed by atoms with Crippen LogP contribution in [0.25, 0.3) is 11.3 Å². The number of pyridine rings is 1. The van der Waals surface area contributed by atoms with Crippen LogP contribution in [-0.4, -0.2) is 25.7 Å². The summed E-state index contributed by atoms with van der Waals surface area (Å²) in [4.78, 5) is 4.36. The average Bonchev–Trinajstić information content (AvgIpc) is 3.17. The van der Waals surface area contributed by atoms with Gasteiger partial charge in [0, 0.05) is 23.7 Å². The number of anilines is 1. The molecule has 124 valence electrons. The van der Waals surface area contributed by atoms with Gasteiger partial charge < -0.3 is 5.73 Å². The first-order valence-corrected chi connectivity index (χ1v) is 8.72. The van der Waals surface area contributed by atoms with E-state index in [9.17, 15) is 12.8 Å². The van der Waals surface area contributed by atoms with Gasteiger partial charge in [-0.25, -0.2) is 12.8 Å². The fourth-order valence-corrected chi connectivity index (χ4v) is 2.91. The molecule has 1 fully saturated rings. The zero-order valence-corrected chi connectivity index (χ0v) is 14.0. The van der Waals surface area contributed by atoms with Crippen LogP contribution in [0.15, 0.2) is 36.5 Å². The third kappa shape index (κ3) is 4.19. The highest BCUT2D eigenvalue weighted by molar-refractivity contribution is 7.92. The van der Waals surface area contributed by atoms with Crippen LogP contribution < -0.4 is 10.5 Å². The van der Waals surface area contributed by atoms with E-state index in [1.165, 1.54) is 12.1 Å². The molecule has 1 heterocycles. The molecule has 0 amide bonds. The summed E-state index contributed by atoms with van der Waals surface area (Å²) in [6, 6.07) is 8.21. The summed E-state index contributed by atoms with van der Waals surface area (Å²) < 4.78 is 38.3.